The smallest absolute Gasteiger partial charge is 0.265 e. The van der Waals surface area contributed by atoms with E-state index in [1.54, 1.807) is 30.0 Å². The van der Waals surface area contributed by atoms with Crippen LogP contribution in [-0.2, 0) is 6.42 Å². The molecule has 0 aliphatic rings. The largest absolute Gasteiger partial charge is 0.496 e. The van der Waals surface area contributed by atoms with E-state index < -0.39 is 0 Å². The van der Waals surface area contributed by atoms with Gasteiger partial charge in [0.15, 0.2) is 4.34 Å². The van der Waals surface area contributed by atoms with E-state index in [2.05, 4.69) is 39.8 Å². The molecule has 1 N–H and O–H groups in total. The van der Waals surface area contributed by atoms with Crippen LogP contribution in [0.2, 0.25) is 0 Å². The molecule has 28 heavy (non-hydrogen) atoms. The van der Waals surface area contributed by atoms with E-state index >= 15 is 0 Å². The van der Waals surface area contributed by atoms with Crippen LogP contribution < -0.4 is 14.8 Å². The highest BCUT2D eigenvalue weighted by Gasteiger charge is 2.19. The second-order valence-electron chi connectivity index (χ2n) is 5.80. The Kier molecular flexibility index (Phi) is 7.27. The van der Waals surface area contributed by atoms with Crippen LogP contribution in [0.3, 0.4) is 0 Å². The first-order chi connectivity index (χ1) is 13.7. The van der Waals surface area contributed by atoms with Crippen molar-refractivity contribution in [3.05, 3.63) is 59.7 Å². The van der Waals surface area contributed by atoms with Gasteiger partial charge in [-0.25, -0.2) is 0 Å². The number of anilines is 1. The van der Waals surface area contributed by atoms with Crippen molar-refractivity contribution in [1.29, 1.82) is 0 Å². The molecule has 0 radical (unpaired) electrons. The summed E-state index contributed by atoms with van der Waals surface area (Å²) in [5.41, 5.74) is 1.67. The number of amides is 1. The molecule has 1 heterocycles. The van der Waals surface area contributed by atoms with Gasteiger partial charge < -0.3 is 9.47 Å². The Morgan fingerprint density at radius 1 is 1.04 bits per heavy atom. The summed E-state index contributed by atoms with van der Waals surface area (Å²) in [7, 11) is 3.03. The number of nitrogens with zero attached hydrogens (tertiary/aromatic N) is 2. The van der Waals surface area contributed by atoms with Crippen LogP contribution in [0.5, 0.6) is 11.5 Å². The second kappa shape index (κ2) is 10.1. The summed E-state index contributed by atoms with van der Waals surface area (Å²) in [5, 5.41) is 11.4. The third-order valence-corrected chi connectivity index (χ3v) is 6.02. The minimum atomic E-state index is -0.342. The van der Waals surface area contributed by atoms with E-state index in [0.29, 0.717) is 22.2 Å². The molecule has 146 valence electrons. The maximum absolute atomic E-state index is 12.7. The molecule has 6 nitrogen and oxygen atoms in total. The molecule has 0 saturated carbocycles. The fourth-order valence-electron chi connectivity index (χ4n) is 2.63. The van der Waals surface area contributed by atoms with Crippen molar-refractivity contribution in [1.82, 2.24) is 10.2 Å². The molecule has 0 unspecified atom stereocenters. The molecule has 2 aromatic carbocycles. The molecule has 1 aromatic heterocycles. The molecule has 0 fully saturated rings. The lowest BCUT2D eigenvalue weighted by atomic mass is 10.1. The average molecular weight is 416 g/mol. The number of thioether (sulfide) groups is 1. The number of carbonyl (C=O) groups excluding carboxylic acids is 1. The third-order valence-electron chi connectivity index (χ3n) is 3.96. The maximum atomic E-state index is 12.7. The van der Waals surface area contributed by atoms with Gasteiger partial charge in [0, 0.05) is 5.75 Å². The summed E-state index contributed by atoms with van der Waals surface area (Å²) >= 11 is 3.00. The number of aromatic nitrogens is 2. The third kappa shape index (κ3) is 5.24. The van der Waals surface area contributed by atoms with Crippen molar-refractivity contribution >= 4 is 34.1 Å². The summed E-state index contributed by atoms with van der Waals surface area (Å²) in [5.74, 6) is 1.48. The first-order valence-corrected chi connectivity index (χ1v) is 10.5. The molecule has 0 saturated heterocycles. The lowest BCUT2D eigenvalue weighted by Crippen LogP contribution is -2.14. The van der Waals surface area contributed by atoms with Gasteiger partial charge in [0.25, 0.3) is 5.91 Å². The highest BCUT2D eigenvalue weighted by atomic mass is 32.2. The number of carbonyl (C=O) groups is 1. The van der Waals surface area contributed by atoms with Crippen LogP contribution in [-0.4, -0.2) is 36.1 Å². The fraction of sp³-hybridized carbons (Fsp3) is 0.250. The van der Waals surface area contributed by atoms with Crippen molar-refractivity contribution in [2.75, 3.05) is 25.3 Å². The van der Waals surface area contributed by atoms with Crippen molar-refractivity contribution in [2.45, 2.75) is 17.2 Å². The second-order valence-corrected chi connectivity index (χ2v) is 8.12. The van der Waals surface area contributed by atoms with E-state index in [0.717, 1.165) is 22.9 Å². The molecule has 3 aromatic rings. The number of rotatable bonds is 9. The summed E-state index contributed by atoms with van der Waals surface area (Å²) in [6.45, 7) is 0. The molecule has 0 aliphatic carbocycles. The van der Waals surface area contributed by atoms with E-state index in [1.165, 1.54) is 31.1 Å². The van der Waals surface area contributed by atoms with Crippen LogP contribution in [0.25, 0.3) is 0 Å². The monoisotopic (exact) mass is 415 g/mol. The van der Waals surface area contributed by atoms with E-state index in [4.69, 9.17) is 9.47 Å². The Bertz CT molecular complexity index is 894. The Labute approximate surface area is 172 Å². The number of hydrogen-bond donors (Lipinski definition) is 1. The first-order valence-electron chi connectivity index (χ1n) is 8.74. The zero-order chi connectivity index (χ0) is 19.8. The van der Waals surface area contributed by atoms with Gasteiger partial charge in [0.1, 0.15) is 17.1 Å². The number of ether oxygens (including phenoxy) is 2. The van der Waals surface area contributed by atoms with Crippen LogP contribution in [0.1, 0.15) is 22.3 Å². The molecule has 0 spiro atoms. The van der Waals surface area contributed by atoms with E-state index in [9.17, 15) is 4.79 Å². The molecular weight excluding hydrogens is 394 g/mol. The maximum Gasteiger partial charge on any atom is 0.265 e. The Morgan fingerprint density at radius 3 is 2.43 bits per heavy atom. The number of hydrogen-bond acceptors (Lipinski definition) is 7. The molecule has 0 aliphatic heterocycles. The lowest BCUT2D eigenvalue weighted by Gasteiger charge is -2.11. The zero-order valence-corrected chi connectivity index (χ0v) is 17.3. The van der Waals surface area contributed by atoms with Gasteiger partial charge in [0.2, 0.25) is 5.13 Å². The summed E-state index contributed by atoms with van der Waals surface area (Å²) < 4.78 is 11.4. The lowest BCUT2D eigenvalue weighted by molar-refractivity contribution is 0.102. The van der Waals surface area contributed by atoms with Gasteiger partial charge in [-0.1, -0.05) is 59.5 Å². The molecule has 1 amide bonds. The van der Waals surface area contributed by atoms with Crippen LogP contribution in [0, 0.1) is 0 Å². The van der Waals surface area contributed by atoms with Gasteiger partial charge >= 0.3 is 0 Å². The minimum Gasteiger partial charge on any atom is -0.496 e. The van der Waals surface area contributed by atoms with Crippen LogP contribution in [0.15, 0.2) is 52.9 Å². The van der Waals surface area contributed by atoms with Gasteiger partial charge in [-0.3, -0.25) is 10.1 Å². The van der Waals surface area contributed by atoms with E-state index in [1.807, 2.05) is 6.07 Å². The molecule has 0 bridgehead atoms. The Balaban J connectivity index is 1.55. The highest BCUT2D eigenvalue weighted by molar-refractivity contribution is 8.01. The fourth-order valence-corrected chi connectivity index (χ4v) is 4.39. The van der Waals surface area contributed by atoms with Crippen LogP contribution in [0.4, 0.5) is 5.13 Å². The van der Waals surface area contributed by atoms with Crippen molar-refractivity contribution in [3.63, 3.8) is 0 Å². The van der Waals surface area contributed by atoms with Gasteiger partial charge in [0.05, 0.1) is 14.2 Å². The minimum absolute atomic E-state index is 0.333. The highest BCUT2D eigenvalue weighted by Crippen LogP contribution is 2.31. The summed E-state index contributed by atoms with van der Waals surface area (Å²) in [6, 6.07) is 15.6. The van der Waals surface area contributed by atoms with Crippen molar-refractivity contribution < 1.29 is 14.3 Å². The standard InChI is InChI=1S/C20H21N3O3S2/c1-25-15-11-6-12-16(26-2)17(15)18(24)21-19-22-23-20(28-19)27-13-7-10-14-8-4-3-5-9-14/h3-6,8-9,11-12H,7,10,13H2,1-2H3,(H,21,22,24). The average Bonchev–Trinajstić information content (AvgIpc) is 3.18. The molecule has 8 heteroatoms. The Morgan fingerprint density at radius 2 is 1.75 bits per heavy atom. The number of methoxy groups -OCH3 is 2. The first kappa shape index (κ1) is 20.2. The van der Waals surface area contributed by atoms with Crippen LogP contribution >= 0.6 is 23.1 Å². The SMILES string of the molecule is COc1cccc(OC)c1C(=O)Nc1nnc(SCCCc2ccccc2)s1. The van der Waals surface area contributed by atoms with Crippen molar-refractivity contribution in [3.8, 4) is 11.5 Å². The Hall–Kier alpha value is -2.58. The van der Waals surface area contributed by atoms with Gasteiger partial charge in [-0.2, -0.15) is 0 Å². The topological polar surface area (TPSA) is 73.3 Å². The summed E-state index contributed by atoms with van der Waals surface area (Å²) in [6.07, 6.45) is 2.08. The molecule has 0 atom stereocenters. The molecular formula is C20H21N3O3S2. The predicted octanol–water partition coefficient (Wildman–Crippen LogP) is 4.53. The zero-order valence-electron chi connectivity index (χ0n) is 15.7. The van der Waals surface area contributed by atoms with Gasteiger partial charge in [-0.05, 0) is 30.5 Å². The quantitative estimate of drug-likeness (QED) is 0.314. The molecule has 3 rings (SSSR count). The summed E-state index contributed by atoms with van der Waals surface area (Å²) in [4.78, 5) is 12.7. The predicted molar refractivity (Wildman–Crippen MR) is 113 cm³/mol. The number of benzene rings is 2. The van der Waals surface area contributed by atoms with Crippen molar-refractivity contribution in [2.24, 2.45) is 0 Å². The number of nitrogens with one attached hydrogen (secondary N) is 1. The number of aryl methyl sites for hydroxylation is 1. The normalized spacial score (nSPS) is 10.5. The van der Waals surface area contributed by atoms with E-state index in [-0.39, 0.29) is 5.91 Å². The van der Waals surface area contributed by atoms with Gasteiger partial charge in [-0.15, -0.1) is 10.2 Å².